The second-order valence-electron chi connectivity index (χ2n) is 4.18. The van der Waals surface area contributed by atoms with Crippen molar-refractivity contribution in [1.29, 1.82) is 0 Å². The summed E-state index contributed by atoms with van der Waals surface area (Å²) in [5.41, 5.74) is -0.382. The molecule has 0 amide bonds. The molecule has 0 atom stereocenters. The largest absolute Gasteiger partial charge is 0.462 e. The van der Waals surface area contributed by atoms with E-state index in [2.05, 4.69) is 15.9 Å². The normalized spacial score (nSPS) is 11.2. The Morgan fingerprint density at radius 1 is 1.40 bits per heavy atom. The SMILES string of the molecule is CCOC(=O)/C(=C/N(C)C)C(=O)c1ccc(Br)cc1F. The number of halogens is 2. The summed E-state index contributed by atoms with van der Waals surface area (Å²) in [5.74, 6) is -2.17. The van der Waals surface area contributed by atoms with Crippen LogP contribution in [-0.2, 0) is 9.53 Å². The predicted octanol–water partition coefficient (Wildman–Crippen LogP) is 2.78. The van der Waals surface area contributed by atoms with Crippen molar-refractivity contribution in [3.8, 4) is 0 Å². The molecule has 0 spiro atoms. The van der Waals surface area contributed by atoms with Gasteiger partial charge in [-0.3, -0.25) is 4.79 Å². The van der Waals surface area contributed by atoms with E-state index in [9.17, 15) is 14.0 Å². The third-order valence-corrected chi connectivity index (χ3v) is 2.80. The summed E-state index contributed by atoms with van der Waals surface area (Å²) in [7, 11) is 3.31. The zero-order valence-electron chi connectivity index (χ0n) is 11.4. The molecule has 1 aromatic rings. The summed E-state index contributed by atoms with van der Waals surface area (Å²) < 4.78 is 19.1. The van der Waals surface area contributed by atoms with Gasteiger partial charge in [-0.1, -0.05) is 15.9 Å². The third kappa shape index (κ3) is 4.16. The van der Waals surface area contributed by atoms with Gasteiger partial charge in [-0.15, -0.1) is 0 Å². The van der Waals surface area contributed by atoms with Crippen LogP contribution in [0.3, 0.4) is 0 Å². The minimum atomic E-state index is -0.770. The van der Waals surface area contributed by atoms with Gasteiger partial charge in [0.2, 0.25) is 5.78 Å². The van der Waals surface area contributed by atoms with E-state index in [1.807, 2.05) is 0 Å². The molecule has 1 aromatic carbocycles. The van der Waals surface area contributed by atoms with Gasteiger partial charge in [0.1, 0.15) is 11.4 Å². The second-order valence-corrected chi connectivity index (χ2v) is 5.10. The first kappa shape index (κ1) is 16.4. The van der Waals surface area contributed by atoms with Crippen molar-refractivity contribution in [3.63, 3.8) is 0 Å². The molecule has 0 saturated carbocycles. The van der Waals surface area contributed by atoms with E-state index in [0.717, 1.165) is 0 Å². The number of esters is 1. The highest BCUT2D eigenvalue weighted by Crippen LogP contribution is 2.19. The average Bonchev–Trinajstić information content (AvgIpc) is 2.35. The molecule has 0 radical (unpaired) electrons. The van der Waals surface area contributed by atoms with Crippen LogP contribution in [0.1, 0.15) is 17.3 Å². The molecule has 0 aliphatic rings. The minimum Gasteiger partial charge on any atom is -0.462 e. The van der Waals surface area contributed by atoms with E-state index in [1.165, 1.54) is 29.3 Å². The highest BCUT2D eigenvalue weighted by atomic mass is 79.9. The van der Waals surface area contributed by atoms with E-state index in [-0.39, 0.29) is 17.7 Å². The fourth-order valence-electron chi connectivity index (χ4n) is 1.49. The number of nitrogens with zero attached hydrogens (tertiary/aromatic N) is 1. The van der Waals surface area contributed by atoms with E-state index in [4.69, 9.17) is 4.74 Å². The molecule has 20 heavy (non-hydrogen) atoms. The van der Waals surface area contributed by atoms with Crippen molar-refractivity contribution < 1.29 is 18.7 Å². The van der Waals surface area contributed by atoms with Gasteiger partial charge in [0, 0.05) is 24.8 Å². The topological polar surface area (TPSA) is 46.6 Å². The molecule has 0 aliphatic carbocycles. The fourth-order valence-corrected chi connectivity index (χ4v) is 1.82. The third-order valence-electron chi connectivity index (χ3n) is 2.30. The van der Waals surface area contributed by atoms with Crippen molar-refractivity contribution in [1.82, 2.24) is 4.90 Å². The minimum absolute atomic E-state index is 0.139. The Bertz CT molecular complexity index is 555. The molecule has 0 saturated heterocycles. The Morgan fingerprint density at radius 3 is 2.55 bits per heavy atom. The number of carbonyl (C=O) groups is 2. The first-order valence-corrected chi connectivity index (χ1v) is 6.71. The van der Waals surface area contributed by atoms with E-state index < -0.39 is 17.6 Å². The van der Waals surface area contributed by atoms with Crippen LogP contribution in [0.15, 0.2) is 34.4 Å². The second kappa shape index (κ2) is 7.19. The molecule has 0 bridgehead atoms. The van der Waals surface area contributed by atoms with Crippen LogP contribution < -0.4 is 0 Å². The first-order valence-electron chi connectivity index (χ1n) is 5.92. The van der Waals surface area contributed by atoms with Crippen molar-refractivity contribution in [2.45, 2.75) is 6.92 Å². The molecular weight excluding hydrogens is 329 g/mol. The van der Waals surface area contributed by atoms with Gasteiger partial charge in [0.05, 0.1) is 12.2 Å². The number of carbonyl (C=O) groups excluding carboxylic acids is 2. The molecule has 0 N–H and O–H groups in total. The maximum atomic E-state index is 13.8. The lowest BCUT2D eigenvalue weighted by atomic mass is 10.0. The number of hydrogen-bond acceptors (Lipinski definition) is 4. The summed E-state index contributed by atoms with van der Waals surface area (Å²) in [4.78, 5) is 25.6. The van der Waals surface area contributed by atoms with E-state index in [0.29, 0.717) is 4.47 Å². The lowest BCUT2D eigenvalue weighted by Gasteiger charge is -2.11. The number of ether oxygens (including phenoxy) is 1. The van der Waals surface area contributed by atoms with E-state index >= 15 is 0 Å². The Morgan fingerprint density at radius 2 is 2.05 bits per heavy atom. The highest BCUT2D eigenvalue weighted by molar-refractivity contribution is 9.10. The maximum absolute atomic E-state index is 13.8. The van der Waals surface area contributed by atoms with Crippen LogP contribution >= 0.6 is 15.9 Å². The van der Waals surface area contributed by atoms with Gasteiger partial charge >= 0.3 is 5.97 Å². The summed E-state index contributed by atoms with van der Waals surface area (Å²) >= 11 is 3.11. The molecular formula is C14H15BrFNO3. The fraction of sp³-hybridized carbons (Fsp3) is 0.286. The quantitative estimate of drug-likeness (QED) is 0.271. The molecule has 1 rings (SSSR count). The van der Waals surface area contributed by atoms with Crippen LogP contribution in [0.5, 0.6) is 0 Å². The number of ketones is 1. The lowest BCUT2D eigenvalue weighted by molar-refractivity contribution is -0.138. The Labute approximate surface area is 125 Å². The van der Waals surface area contributed by atoms with Gasteiger partial charge in [0.25, 0.3) is 0 Å². The monoisotopic (exact) mass is 343 g/mol. The van der Waals surface area contributed by atoms with Crippen molar-refractivity contribution in [2.24, 2.45) is 0 Å². The standard InChI is InChI=1S/C14H15BrFNO3/c1-4-20-14(19)11(8-17(2)3)13(18)10-6-5-9(15)7-12(10)16/h5-8H,4H2,1-3H3/b11-8+. The van der Waals surface area contributed by atoms with Gasteiger partial charge < -0.3 is 9.64 Å². The van der Waals surface area contributed by atoms with Crippen molar-refractivity contribution in [3.05, 3.63) is 45.8 Å². The average molecular weight is 344 g/mol. The number of benzene rings is 1. The summed E-state index contributed by atoms with van der Waals surface area (Å²) in [5, 5.41) is 0. The first-order chi connectivity index (χ1) is 9.36. The summed E-state index contributed by atoms with van der Waals surface area (Å²) in [6, 6.07) is 4.03. The van der Waals surface area contributed by atoms with Crippen LogP contribution in [-0.4, -0.2) is 37.4 Å². The van der Waals surface area contributed by atoms with Gasteiger partial charge in [-0.05, 0) is 25.1 Å². The zero-order chi connectivity index (χ0) is 15.3. The maximum Gasteiger partial charge on any atom is 0.343 e. The van der Waals surface area contributed by atoms with Gasteiger partial charge in [0.15, 0.2) is 0 Å². The molecule has 4 nitrogen and oxygen atoms in total. The van der Waals surface area contributed by atoms with Crippen molar-refractivity contribution in [2.75, 3.05) is 20.7 Å². The van der Waals surface area contributed by atoms with Gasteiger partial charge in [-0.2, -0.15) is 0 Å². The predicted molar refractivity (Wildman–Crippen MR) is 76.8 cm³/mol. The summed E-state index contributed by atoms with van der Waals surface area (Å²) in [6.07, 6.45) is 1.32. The highest BCUT2D eigenvalue weighted by Gasteiger charge is 2.24. The number of hydrogen-bond donors (Lipinski definition) is 0. The molecule has 0 aromatic heterocycles. The Balaban J connectivity index is 3.20. The number of Topliss-reactive ketones (excluding diaryl/α,β-unsaturated/α-hetero) is 1. The lowest BCUT2D eigenvalue weighted by Crippen LogP contribution is -2.20. The van der Waals surface area contributed by atoms with Crippen molar-refractivity contribution >= 4 is 27.7 Å². The Kier molecular flexibility index (Phi) is 5.88. The smallest absolute Gasteiger partial charge is 0.343 e. The zero-order valence-corrected chi connectivity index (χ0v) is 13.0. The van der Waals surface area contributed by atoms with Gasteiger partial charge in [-0.25, -0.2) is 9.18 Å². The molecule has 108 valence electrons. The molecule has 0 heterocycles. The van der Waals surface area contributed by atoms with Crippen LogP contribution in [0.25, 0.3) is 0 Å². The number of rotatable bonds is 5. The van der Waals surface area contributed by atoms with Crippen LogP contribution in [0, 0.1) is 5.82 Å². The summed E-state index contributed by atoms with van der Waals surface area (Å²) in [6.45, 7) is 1.77. The van der Waals surface area contributed by atoms with Crippen LogP contribution in [0.4, 0.5) is 4.39 Å². The van der Waals surface area contributed by atoms with Crippen LogP contribution in [0.2, 0.25) is 0 Å². The molecule has 0 fully saturated rings. The molecule has 0 aliphatic heterocycles. The van der Waals surface area contributed by atoms with E-state index in [1.54, 1.807) is 21.0 Å². The Hall–Kier alpha value is -1.69. The molecule has 0 unspecified atom stereocenters. The molecule has 6 heteroatoms.